The van der Waals surface area contributed by atoms with Crippen LogP contribution in [0.2, 0.25) is 5.02 Å². The zero-order chi connectivity index (χ0) is 17.5. The summed E-state index contributed by atoms with van der Waals surface area (Å²) in [6.07, 6.45) is 0.442. The largest absolute Gasteiger partial charge is 0.326 e. The minimum atomic E-state index is -0.0265. The first-order valence-corrected chi connectivity index (χ1v) is 9.16. The molecule has 24 heavy (non-hydrogen) atoms. The Balaban J connectivity index is 1.76. The van der Waals surface area contributed by atoms with Gasteiger partial charge in [-0.25, -0.2) is 0 Å². The second-order valence-corrected chi connectivity index (χ2v) is 7.38. The zero-order valence-electron chi connectivity index (χ0n) is 13.7. The predicted molar refractivity (Wildman–Crippen MR) is 102 cm³/mol. The van der Waals surface area contributed by atoms with Gasteiger partial charge in [-0.2, -0.15) is 11.8 Å². The molecule has 5 heteroatoms. The highest BCUT2D eigenvalue weighted by molar-refractivity contribution is 7.99. The molecule has 1 atom stereocenters. The molecule has 2 rings (SSSR count). The van der Waals surface area contributed by atoms with Crippen LogP contribution in [0.15, 0.2) is 48.5 Å². The molecule has 0 aliphatic rings. The number of anilines is 1. The molecule has 1 unspecified atom stereocenters. The molecule has 0 bridgehead atoms. The van der Waals surface area contributed by atoms with Gasteiger partial charge in [0.15, 0.2) is 5.78 Å². The molecule has 1 amide bonds. The van der Waals surface area contributed by atoms with Gasteiger partial charge >= 0.3 is 0 Å². The topological polar surface area (TPSA) is 46.2 Å². The van der Waals surface area contributed by atoms with Crippen molar-refractivity contribution in [2.75, 3.05) is 11.1 Å². The van der Waals surface area contributed by atoms with Crippen LogP contribution in [0.5, 0.6) is 0 Å². The third-order valence-electron chi connectivity index (χ3n) is 3.61. The van der Waals surface area contributed by atoms with E-state index in [0.29, 0.717) is 22.9 Å². The van der Waals surface area contributed by atoms with E-state index in [1.165, 1.54) is 12.5 Å². The number of Topliss-reactive ketones (excluding diaryl/α,β-unsaturated/α-hetero) is 1. The number of halogens is 1. The van der Waals surface area contributed by atoms with Gasteiger partial charge in [-0.05, 0) is 55.8 Å². The van der Waals surface area contributed by atoms with Gasteiger partial charge in [0.2, 0.25) is 5.91 Å². The summed E-state index contributed by atoms with van der Waals surface area (Å²) in [5.74, 6) is 0.725. The fourth-order valence-electron chi connectivity index (χ4n) is 2.17. The van der Waals surface area contributed by atoms with E-state index in [4.69, 9.17) is 11.6 Å². The Morgan fingerprint density at radius 2 is 1.71 bits per heavy atom. The minimum Gasteiger partial charge on any atom is -0.326 e. The maximum absolute atomic E-state index is 12.0. The van der Waals surface area contributed by atoms with Crippen LogP contribution in [-0.4, -0.2) is 17.4 Å². The lowest BCUT2D eigenvalue weighted by Gasteiger charge is -2.12. The van der Waals surface area contributed by atoms with E-state index in [0.717, 1.165) is 10.8 Å². The second kappa shape index (κ2) is 8.90. The molecule has 0 saturated heterocycles. The maximum atomic E-state index is 12.0. The molecule has 0 radical (unpaired) electrons. The zero-order valence-corrected chi connectivity index (χ0v) is 15.3. The number of hydrogen-bond donors (Lipinski definition) is 1. The van der Waals surface area contributed by atoms with Crippen molar-refractivity contribution in [1.82, 2.24) is 0 Å². The van der Waals surface area contributed by atoms with E-state index in [1.807, 2.05) is 24.3 Å². The SMILES string of the molecule is CC(=O)c1ccc(NC(=O)CCSC(C)c2ccc(Cl)cc2)cc1. The summed E-state index contributed by atoms with van der Waals surface area (Å²) in [4.78, 5) is 23.2. The van der Waals surface area contributed by atoms with Crippen LogP contribution >= 0.6 is 23.4 Å². The smallest absolute Gasteiger partial charge is 0.225 e. The summed E-state index contributed by atoms with van der Waals surface area (Å²) >= 11 is 7.62. The number of carbonyl (C=O) groups excluding carboxylic acids is 2. The van der Waals surface area contributed by atoms with Crippen LogP contribution in [-0.2, 0) is 4.79 Å². The monoisotopic (exact) mass is 361 g/mol. The Morgan fingerprint density at radius 1 is 1.08 bits per heavy atom. The molecule has 0 spiro atoms. The fourth-order valence-corrected chi connectivity index (χ4v) is 3.30. The Kier molecular flexibility index (Phi) is 6.88. The third kappa shape index (κ3) is 5.69. The number of amides is 1. The number of ketones is 1. The quantitative estimate of drug-likeness (QED) is 0.674. The van der Waals surface area contributed by atoms with E-state index in [1.54, 1.807) is 36.0 Å². The molecule has 0 saturated carbocycles. The van der Waals surface area contributed by atoms with Gasteiger partial charge in [0, 0.05) is 33.7 Å². The lowest BCUT2D eigenvalue weighted by atomic mass is 10.1. The van der Waals surface area contributed by atoms with Gasteiger partial charge in [-0.1, -0.05) is 23.7 Å². The van der Waals surface area contributed by atoms with E-state index < -0.39 is 0 Å². The Labute approximate surface area is 151 Å². The third-order valence-corrected chi connectivity index (χ3v) is 5.08. The summed E-state index contributed by atoms with van der Waals surface area (Å²) in [5, 5.41) is 3.89. The number of hydrogen-bond acceptors (Lipinski definition) is 3. The van der Waals surface area contributed by atoms with E-state index in [-0.39, 0.29) is 11.7 Å². The Bertz CT molecular complexity index is 698. The number of nitrogens with one attached hydrogen (secondary N) is 1. The van der Waals surface area contributed by atoms with Gasteiger partial charge < -0.3 is 5.32 Å². The van der Waals surface area contributed by atoms with Crippen LogP contribution in [0, 0.1) is 0 Å². The van der Waals surface area contributed by atoms with Crippen LogP contribution in [0.4, 0.5) is 5.69 Å². The first-order valence-electron chi connectivity index (χ1n) is 7.73. The number of benzene rings is 2. The number of rotatable bonds is 7. The number of thioether (sulfide) groups is 1. The highest BCUT2D eigenvalue weighted by Crippen LogP contribution is 2.29. The summed E-state index contributed by atoms with van der Waals surface area (Å²) in [7, 11) is 0. The molecule has 2 aromatic rings. The van der Waals surface area contributed by atoms with Crippen molar-refractivity contribution in [2.45, 2.75) is 25.5 Å². The van der Waals surface area contributed by atoms with Crippen LogP contribution in [0.3, 0.4) is 0 Å². The molecule has 0 aliphatic carbocycles. The van der Waals surface area contributed by atoms with Crippen molar-refractivity contribution in [3.63, 3.8) is 0 Å². The molecule has 0 aromatic heterocycles. The molecule has 3 nitrogen and oxygen atoms in total. The first-order chi connectivity index (χ1) is 11.5. The standard InChI is InChI=1S/C19H20ClNO2S/c1-13(22)15-5-9-18(10-6-15)21-19(23)11-12-24-14(2)16-3-7-17(20)8-4-16/h3-10,14H,11-12H2,1-2H3,(H,21,23). The van der Waals surface area contributed by atoms with Crippen molar-refractivity contribution in [3.05, 3.63) is 64.7 Å². The van der Waals surface area contributed by atoms with E-state index in [2.05, 4.69) is 12.2 Å². The molecule has 2 aromatic carbocycles. The van der Waals surface area contributed by atoms with Crippen molar-refractivity contribution in [1.29, 1.82) is 0 Å². The molecule has 0 aliphatic heterocycles. The van der Waals surface area contributed by atoms with Gasteiger partial charge in [0.25, 0.3) is 0 Å². The van der Waals surface area contributed by atoms with Crippen LogP contribution in [0.1, 0.15) is 41.4 Å². The molecular weight excluding hydrogens is 342 g/mol. The summed E-state index contributed by atoms with van der Waals surface area (Å²) in [6.45, 7) is 3.64. The Hall–Kier alpha value is -1.78. The lowest BCUT2D eigenvalue weighted by molar-refractivity contribution is -0.115. The molecular formula is C19H20ClNO2S. The predicted octanol–water partition coefficient (Wildman–Crippen LogP) is 5.37. The molecule has 1 N–H and O–H groups in total. The van der Waals surface area contributed by atoms with Gasteiger partial charge in [-0.15, -0.1) is 0 Å². The molecule has 126 valence electrons. The van der Waals surface area contributed by atoms with Crippen molar-refractivity contribution in [3.8, 4) is 0 Å². The Morgan fingerprint density at radius 3 is 2.29 bits per heavy atom. The van der Waals surface area contributed by atoms with E-state index >= 15 is 0 Å². The number of carbonyl (C=O) groups is 2. The van der Waals surface area contributed by atoms with Crippen molar-refractivity contribution in [2.24, 2.45) is 0 Å². The van der Waals surface area contributed by atoms with Crippen molar-refractivity contribution < 1.29 is 9.59 Å². The highest BCUT2D eigenvalue weighted by atomic mass is 35.5. The van der Waals surface area contributed by atoms with Crippen LogP contribution < -0.4 is 5.32 Å². The fraction of sp³-hybridized carbons (Fsp3) is 0.263. The van der Waals surface area contributed by atoms with Gasteiger partial charge in [-0.3, -0.25) is 9.59 Å². The first kappa shape index (κ1) is 18.6. The van der Waals surface area contributed by atoms with Gasteiger partial charge in [0.1, 0.15) is 0 Å². The normalized spacial score (nSPS) is 11.8. The minimum absolute atomic E-state index is 0.0143. The summed E-state index contributed by atoms with van der Waals surface area (Å²) < 4.78 is 0. The second-order valence-electron chi connectivity index (χ2n) is 5.50. The maximum Gasteiger partial charge on any atom is 0.225 e. The average Bonchev–Trinajstić information content (AvgIpc) is 2.55. The molecule has 0 fully saturated rings. The summed E-state index contributed by atoms with van der Waals surface area (Å²) in [6, 6.07) is 14.7. The summed E-state index contributed by atoms with van der Waals surface area (Å²) in [5.41, 5.74) is 2.55. The average molecular weight is 362 g/mol. The highest BCUT2D eigenvalue weighted by Gasteiger charge is 2.08. The van der Waals surface area contributed by atoms with Crippen LogP contribution in [0.25, 0.3) is 0 Å². The van der Waals surface area contributed by atoms with Gasteiger partial charge in [0.05, 0.1) is 0 Å². The molecule has 0 heterocycles. The van der Waals surface area contributed by atoms with Crippen molar-refractivity contribution >= 4 is 40.7 Å². The lowest BCUT2D eigenvalue weighted by Crippen LogP contribution is -2.12. The van der Waals surface area contributed by atoms with E-state index in [9.17, 15) is 9.59 Å².